The molecule has 0 radical (unpaired) electrons. The fraction of sp³-hybridized carbons (Fsp3) is 0.323. The van der Waals surface area contributed by atoms with E-state index in [9.17, 15) is 5.26 Å². The highest BCUT2D eigenvalue weighted by Crippen LogP contribution is 2.34. The Kier molecular flexibility index (Phi) is 7.16. The maximum absolute atomic E-state index is 9.20. The Bertz CT molecular complexity index is 1300. The third-order valence-electron chi connectivity index (χ3n) is 7.15. The summed E-state index contributed by atoms with van der Waals surface area (Å²) in [4.78, 5) is 2.53. The summed E-state index contributed by atoms with van der Waals surface area (Å²) in [5, 5.41) is 10.5. The van der Waals surface area contributed by atoms with E-state index < -0.39 is 0 Å². The second kappa shape index (κ2) is 10.8. The van der Waals surface area contributed by atoms with E-state index in [1.54, 1.807) is 0 Å². The Balaban J connectivity index is 1.34. The lowest BCUT2D eigenvalue weighted by atomic mass is 10.0. The zero-order valence-corrected chi connectivity index (χ0v) is 20.5. The molecule has 0 aliphatic carbocycles. The molecule has 0 N–H and O–H groups in total. The van der Waals surface area contributed by atoms with Crippen LogP contribution in [0.3, 0.4) is 0 Å². The molecule has 1 fully saturated rings. The van der Waals surface area contributed by atoms with Crippen molar-refractivity contribution in [3.63, 3.8) is 0 Å². The van der Waals surface area contributed by atoms with Gasteiger partial charge in [0.1, 0.15) is 12.4 Å². The smallest absolute Gasteiger partial charge is 0.119 e. The number of aryl methyl sites for hydroxylation is 1. The average molecular weight is 464 g/mol. The van der Waals surface area contributed by atoms with Crippen molar-refractivity contribution in [1.82, 2.24) is 9.47 Å². The van der Waals surface area contributed by atoms with Crippen LogP contribution in [0.4, 0.5) is 0 Å². The summed E-state index contributed by atoms with van der Waals surface area (Å²) in [6, 6.07) is 27.2. The molecule has 5 rings (SSSR count). The second-order valence-corrected chi connectivity index (χ2v) is 9.51. The molecular formula is C31H33N3O. The Morgan fingerprint density at radius 1 is 0.857 bits per heavy atom. The lowest BCUT2D eigenvalue weighted by molar-refractivity contribution is 0.214. The molecule has 0 bridgehead atoms. The topological polar surface area (TPSA) is 41.2 Å². The van der Waals surface area contributed by atoms with E-state index >= 15 is 0 Å². The van der Waals surface area contributed by atoms with Crippen LogP contribution in [0.15, 0.2) is 72.8 Å². The molecular weight excluding hydrogens is 430 g/mol. The lowest BCUT2D eigenvalue weighted by Gasteiger charge is -2.19. The van der Waals surface area contributed by atoms with Crippen molar-refractivity contribution in [2.45, 2.75) is 39.2 Å². The van der Waals surface area contributed by atoms with Gasteiger partial charge in [-0.1, -0.05) is 55.3 Å². The number of fused-ring (bicyclic) bond motifs is 1. The number of nitrogens with zero attached hydrogens (tertiary/aromatic N) is 3. The van der Waals surface area contributed by atoms with Gasteiger partial charge in [-0.3, -0.25) is 4.90 Å². The molecule has 0 atom stereocenters. The monoisotopic (exact) mass is 463 g/mol. The number of para-hydroxylation sites is 1. The van der Waals surface area contributed by atoms with Gasteiger partial charge in [0.2, 0.25) is 0 Å². The molecule has 1 aromatic heterocycles. The third-order valence-corrected chi connectivity index (χ3v) is 7.15. The minimum atomic E-state index is 0.681. The highest BCUT2D eigenvalue weighted by Gasteiger charge is 2.16. The van der Waals surface area contributed by atoms with E-state index in [1.165, 1.54) is 66.5 Å². The molecule has 2 heterocycles. The Morgan fingerprint density at radius 2 is 1.57 bits per heavy atom. The van der Waals surface area contributed by atoms with Gasteiger partial charge in [0.15, 0.2) is 0 Å². The van der Waals surface area contributed by atoms with Gasteiger partial charge in [0.25, 0.3) is 0 Å². The van der Waals surface area contributed by atoms with E-state index in [-0.39, 0.29) is 0 Å². The summed E-state index contributed by atoms with van der Waals surface area (Å²) in [6.07, 6.45) is 5.35. The van der Waals surface area contributed by atoms with Crippen molar-refractivity contribution in [1.29, 1.82) is 5.26 Å². The van der Waals surface area contributed by atoms with Gasteiger partial charge in [0.05, 0.1) is 17.3 Å². The van der Waals surface area contributed by atoms with Gasteiger partial charge in [-0.15, -0.1) is 0 Å². The summed E-state index contributed by atoms with van der Waals surface area (Å²) in [5.41, 5.74) is 6.74. The molecule has 4 nitrogen and oxygen atoms in total. The average Bonchev–Trinajstić information content (AvgIpc) is 3.04. The zero-order valence-electron chi connectivity index (χ0n) is 20.5. The number of hydrogen-bond donors (Lipinski definition) is 0. The van der Waals surface area contributed by atoms with Crippen LogP contribution < -0.4 is 4.74 Å². The van der Waals surface area contributed by atoms with Crippen molar-refractivity contribution in [3.8, 4) is 23.1 Å². The highest BCUT2D eigenvalue weighted by molar-refractivity contribution is 5.91. The number of benzene rings is 3. The molecule has 1 saturated heterocycles. The molecule has 178 valence electrons. The second-order valence-electron chi connectivity index (χ2n) is 9.51. The van der Waals surface area contributed by atoms with Crippen molar-refractivity contribution in [2.75, 3.05) is 26.2 Å². The van der Waals surface area contributed by atoms with Crippen LogP contribution in [0, 0.1) is 18.3 Å². The van der Waals surface area contributed by atoms with E-state index in [4.69, 9.17) is 4.74 Å². The SMILES string of the molecule is Cc1c(-c2ccc(C#N)cc2)n(Cc2ccc(OCCN3CCCCCC3)cc2)c2ccccc12. The first-order valence-electron chi connectivity index (χ1n) is 12.8. The van der Waals surface area contributed by atoms with Gasteiger partial charge in [-0.25, -0.2) is 0 Å². The molecule has 1 aliphatic heterocycles. The Hall–Kier alpha value is -3.55. The summed E-state index contributed by atoms with van der Waals surface area (Å²) in [6.45, 7) is 7.11. The normalized spacial score (nSPS) is 14.5. The summed E-state index contributed by atoms with van der Waals surface area (Å²) >= 11 is 0. The fourth-order valence-electron chi connectivity index (χ4n) is 5.24. The molecule has 35 heavy (non-hydrogen) atoms. The number of likely N-dealkylation sites (tertiary alicyclic amines) is 1. The van der Waals surface area contributed by atoms with E-state index in [0.29, 0.717) is 5.56 Å². The van der Waals surface area contributed by atoms with Gasteiger partial charge in [0, 0.05) is 24.0 Å². The standard InChI is InChI=1S/C31H33N3O/c1-24-29-8-4-5-9-30(29)34(31(24)27-14-10-25(22-32)11-15-27)23-26-12-16-28(17-13-26)35-21-20-33-18-6-2-3-7-19-33/h4-5,8-17H,2-3,6-7,18-21,23H2,1H3. The van der Waals surface area contributed by atoms with Crippen LogP contribution in [-0.2, 0) is 6.54 Å². The van der Waals surface area contributed by atoms with E-state index in [2.05, 4.69) is 83.1 Å². The van der Waals surface area contributed by atoms with Gasteiger partial charge in [-0.05, 0) is 79.9 Å². The van der Waals surface area contributed by atoms with Crippen molar-refractivity contribution in [2.24, 2.45) is 0 Å². The maximum atomic E-state index is 9.20. The molecule has 0 spiro atoms. The van der Waals surface area contributed by atoms with Crippen LogP contribution in [0.2, 0.25) is 0 Å². The van der Waals surface area contributed by atoms with Crippen molar-refractivity contribution in [3.05, 3.63) is 89.5 Å². The zero-order chi connectivity index (χ0) is 24.0. The van der Waals surface area contributed by atoms with Gasteiger partial charge >= 0.3 is 0 Å². The minimum absolute atomic E-state index is 0.681. The predicted octanol–water partition coefficient (Wildman–Crippen LogP) is 6.79. The molecule has 3 aromatic carbocycles. The van der Waals surface area contributed by atoms with Crippen LogP contribution >= 0.6 is 0 Å². The number of nitriles is 1. The van der Waals surface area contributed by atoms with Gasteiger partial charge < -0.3 is 9.30 Å². The lowest BCUT2D eigenvalue weighted by Crippen LogP contribution is -2.29. The molecule has 1 aliphatic rings. The maximum Gasteiger partial charge on any atom is 0.119 e. The first kappa shape index (κ1) is 23.2. The summed E-state index contributed by atoms with van der Waals surface area (Å²) in [7, 11) is 0. The van der Waals surface area contributed by atoms with Crippen LogP contribution in [0.25, 0.3) is 22.2 Å². The number of aromatic nitrogens is 1. The molecule has 0 unspecified atom stereocenters. The summed E-state index contributed by atoms with van der Waals surface area (Å²) in [5.74, 6) is 0.935. The third kappa shape index (κ3) is 5.26. The van der Waals surface area contributed by atoms with E-state index in [1.807, 2.05) is 12.1 Å². The van der Waals surface area contributed by atoms with E-state index in [0.717, 1.165) is 31.0 Å². The number of ether oxygens (including phenoxy) is 1. The molecule has 4 heteroatoms. The molecule has 0 saturated carbocycles. The Labute approximate surface area is 208 Å². The van der Waals surface area contributed by atoms with Crippen molar-refractivity contribution < 1.29 is 4.74 Å². The first-order valence-corrected chi connectivity index (χ1v) is 12.8. The quantitative estimate of drug-likeness (QED) is 0.303. The minimum Gasteiger partial charge on any atom is -0.492 e. The largest absolute Gasteiger partial charge is 0.492 e. The fourth-order valence-corrected chi connectivity index (χ4v) is 5.24. The Morgan fingerprint density at radius 3 is 2.29 bits per heavy atom. The van der Waals surface area contributed by atoms with Crippen LogP contribution in [-0.4, -0.2) is 35.7 Å². The number of rotatable bonds is 7. The van der Waals surface area contributed by atoms with Crippen LogP contribution in [0.1, 0.15) is 42.4 Å². The molecule has 0 amide bonds. The first-order chi connectivity index (χ1) is 17.2. The van der Waals surface area contributed by atoms with Crippen molar-refractivity contribution >= 4 is 10.9 Å². The van der Waals surface area contributed by atoms with Crippen LogP contribution in [0.5, 0.6) is 5.75 Å². The molecule has 4 aromatic rings. The number of hydrogen-bond acceptors (Lipinski definition) is 3. The predicted molar refractivity (Wildman–Crippen MR) is 143 cm³/mol. The summed E-state index contributed by atoms with van der Waals surface area (Å²) < 4.78 is 8.46. The highest BCUT2D eigenvalue weighted by atomic mass is 16.5. The van der Waals surface area contributed by atoms with Gasteiger partial charge in [-0.2, -0.15) is 5.26 Å².